The van der Waals surface area contributed by atoms with Crippen LogP contribution in [0.15, 0.2) is 0 Å². The lowest BCUT2D eigenvalue weighted by molar-refractivity contribution is -0.116. The first-order valence-electron chi connectivity index (χ1n) is 3.14. The summed E-state index contributed by atoms with van der Waals surface area (Å²) >= 11 is 6.78. The second kappa shape index (κ2) is 3.96. The fraction of sp³-hybridized carbons (Fsp3) is 0.667. The second-order valence-electron chi connectivity index (χ2n) is 2.16. The van der Waals surface area contributed by atoms with Gasteiger partial charge >= 0.3 is 0 Å². The minimum Gasteiger partial charge on any atom is -0.296 e. The Kier molecular flexibility index (Phi) is 3.18. The number of Topliss-reactive ketones (excluding diaryl/α,β-unsaturated/α-hetero) is 1. The Morgan fingerprint density at radius 2 is 2.64 bits per heavy atom. The van der Waals surface area contributed by atoms with Crippen LogP contribution in [-0.4, -0.2) is 28.8 Å². The van der Waals surface area contributed by atoms with Gasteiger partial charge in [0.1, 0.15) is 11.4 Å². The molecular formula is C6H7ClN2OS. The van der Waals surface area contributed by atoms with Crippen molar-refractivity contribution in [1.29, 1.82) is 5.26 Å². The highest BCUT2D eigenvalue weighted by Gasteiger charge is 2.28. The highest BCUT2D eigenvalue weighted by molar-refractivity contribution is 8.00. The van der Waals surface area contributed by atoms with Crippen LogP contribution in [0.1, 0.15) is 0 Å². The number of carbonyl (C=O) groups is 1. The second-order valence-corrected chi connectivity index (χ2v) is 3.57. The average Bonchev–Trinajstić information content (AvgIpc) is 2.50. The van der Waals surface area contributed by atoms with E-state index in [4.69, 9.17) is 16.9 Å². The van der Waals surface area contributed by atoms with Gasteiger partial charge < -0.3 is 0 Å². The smallest absolute Gasteiger partial charge is 0.174 e. The maximum absolute atomic E-state index is 11.0. The Morgan fingerprint density at radius 1 is 1.91 bits per heavy atom. The van der Waals surface area contributed by atoms with Crippen LogP contribution in [0.2, 0.25) is 0 Å². The molecule has 2 atom stereocenters. The largest absolute Gasteiger partial charge is 0.296 e. The van der Waals surface area contributed by atoms with E-state index in [1.807, 2.05) is 6.07 Å². The van der Waals surface area contributed by atoms with Crippen molar-refractivity contribution in [3.05, 3.63) is 0 Å². The van der Waals surface area contributed by atoms with Gasteiger partial charge in [0.05, 0.1) is 11.9 Å². The Labute approximate surface area is 74.1 Å². The van der Waals surface area contributed by atoms with Gasteiger partial charge in [-0.1, -0.05) is 0 Å². The summed E-state index contributed by atoms with van der Waals surface area (Å²) in [6, 6.07) is 1.85. The number of hydrogen-bond acceptors (Lipinski definition) is 4. The van der Waals surface area contributed by atoms with Gasteiger partial charge in [-0.25, -0.2) is 0 Å². The number of thioether (sulfide) groups is 1. The van der Waals surface area contributed by atoms with E-state index >= 15 is 0 Å². The third-order valence-electron chi connectivity index (χ3n) is 1.36. The number of nitriles is 1. The molecule has 60 valence electrons. The lowest BCUT2D eigenvalue weighted by Crippen LogP contribution is -2.34. The van der Waals surface area contributed by atoms with Crippen molar-refractivity contribution in [3.63, 3.8) is 0 Å². The molecule has 0 radical (unpaired) electrons. The molecule has 1 fully saturated rings. The molecule has 1 aliphatic heterocycles. The summed E-state index contributed by atoms with van der Waals surface area (Å²) in [5.41, 5.74) is 0. The fourth-order valence-corrected chi connectivity index (χ4v) is 2.13. The zero-order valence-electron chi connectivity index (χ0n) is 5.71. The molecule has 2 unspecified atom stereocenters. The molecule has 0 spiro atoms. The summed E-state index contributed by atoms with van der Waals surface area (Å²) in [5.74, 6) is 0.640. The number of nitrogens with zero attached hydrogens (tertiary/aromatic N) is 1. The highest BCUT2D eigenvalue weighted by Crippen LogP contribution is 2.19. The topological polar surface area (TPSA) is 52.9 Å². The maximum Gasteiger partial charge on any atom is 0.174 e. The van der Waals surface area contributed by atoms with Gasteiger partial charge in [0, 0.05) is 5.75 Å². The first-order valence-corrected chi connectivity index (χ1v) is 4.72. The molecule has 0 aromatic heterocycles. The molecular weight excluding hydrogens is 184 g/mol. The number of carbonyl (C=O) groups excluding carboxylic acids is 1. The Balaban J connectivity index is 2.43. The van der Waals surface area contributed by atoms with Crippen LogP contribution in [0.25, 0.3) is 0 Å². The van der Waals surface area contributed by atoms with Crippen molar-refractivity contribution in [2.75, 3.05) is 11.6 Å². The number of nitrogens with one attached hydrogen (secondary N) is 1. The van der Waals surface area contributed by atoms with E-state index in [9.17, 15) is 4.79 Å². The molecule has 5 heteroatoms. The Bertz CT molecular complexity index is 203. The van der Waals surface area contributed by atoms with E-state index in [2.05, 4.69) is 5.32 Å². The van der Waals surface area contributed by atoms with Gasteiger partial charge in [-0.15, -0.1) is 23.4 Å². The van der Waals surface area contributed by atoms with E-state index in [0.29, 0.717) is 5.75 Å². The summed E-state index contributed by atoms with van der Waals surface area (Å²) < 4.78 is 0. The number of alkyl halides is 1. The molecule has 0 aliphatic carbocycles. The minimum atomic E-state index is -0.267. The van der Waals surface area contributed by atoms with E-state index < -0.39 is 0 Å². The summed E-state index contributed by atoms with van der Waals surface area (Å²) in [6.45, 7) is 0. The van der Waals surface area contributed by atoms with Crippen LogP contribution in [0.3, 0.4) is 0 Å². The van der Waals surface area contributed by atoms with E-state index in [0.717, 1.165) is 0 Å². The Hall–Kier alpha value is -0.240. The molecule has 0 aromatic rings. The van der Waals surface area contributed by atoms with Crippen molar-refractivity contribution in [2.45, 2.75) is 11.4 Å². The molecule has 1 N–H and O–H groups in total. The minimum absolute atomic E-state index is 0.0167. The lowest BCUT2D eigenvalue weighted by atomic mass is 10.3. The zero-order valence-corrected chi connectivity index (χ0v) is 7.28. The third-order valence-corrected chi connectivity index (χ3v) is 2.88. The van der Waals surface area contributed by atoms with Crippen molar-refractivity contribution in [2.24, 2.45) is 0 Å². The highest BCUT2D eigenvalue weighted by atomic mass is 35.5. The van der Waals surface area contributed by atoms with E-state index in [1.165, 1.54) is 11.8 Å². The molecule has 11 heavy (non-hydrogen) atoms. The van der Waals surface area contributed by atoms with Gasteiger partial charge in [0.25, 0.3) is 0 Å². The van der Waals surface area contributed by atoms with Crippen molar-refractivity contribution < 1.29 is 4.79 Å². The number of hydrogen-bond donors (Lipinski definition) is 1. The lowest BCUT2D eigenvalue weighted by Gasteiger charge is -2.04. The predicted molar refractivity (Wildman–Crippen MR) is 44.5 cm³/mol. The Morgan fingerprint density at radius 3 is 3.09 bits per heavy atom. The van der Waals surface area contributed by atoms with Gasteiger partial charge in [-0.3, -0.25) is 10.1 Å². The standard InChI is InChI=1S/C6H7ClN2OS/c7-1-5(10)6-9-4(2-8)3-11-6/h4,6,9H,1,3H2. The number of halogens is 1. The van der Waals surface area contributed by atoms with E-state index in [-0.39, 0.29) is 23.1 Å². The van der Waals surface area contributed by atoms with Crippen LogP contribution < -0.4 is 5.32 Å². The maximum atomic E-state index is 11.0. The van der Waals surface area contributed by atoms with Crippen LogP contribution in [-0.2, 0) is 4.79 Å². The normalized spacial score (nSPS) is 29.8. The predicted octanol–water partition coefficient (Wildman–Crippen LogP) is 0.349. The van der Waals surface area contributed by atoms with Gasteiger partial charge in [0.2, 0.25) is 0 Å². The van der Waals surface area contributed by atoms with Crippen LogP contribution in [0.5, 0.6) is 0 Å². The van der Waals surface area contributed by atoms with Gasteiger partial charge in [0.15, 0.2) is 5.78 Å². The van der Waals surface area contributed by atoms with E-state index in [1.54, 1.807) is 0 Å². The quantitative estimate of drug-likeness (QED) is 0.639. The third kappa shape index (κ3) is 2.09. The number of rotatable bonds is 2. The van der Waals surface area contributed by atoms with Crippen molar-refractivity contribution in [3.8, 4) is 6.07 Å². The molecule has 1 heterocycles. The van der Waals surface area contributed by atoms with Crippen LogP contribution >= 0.6 is 23.4 Å². The molecule has 0 amide bonds. The summed E-state index contributed by atoms with van der Waals surface area (Å²) in [7, 11) is 0. The average molecular weight is 191 g/mol. The fourth-order valence-electron chi connectivity index (χ4n) is 0.802. The first kappa shape index (κ1) is 8.85. The van der Waals surface area contributed by atoms with Gasteiger partial charge in [-0.2, -0.15) is 5.26 Å². The summed E-state index contributed by atoms with van der Waals surface area (Å²) in [6.07, 6.45) is 0. The number of ketones is 1. The monoisotopic (exact) mass is 190 g/mol. The SMILES string of the molecule is N#CC1CSC(C(=O)CCl)N1. The van der Waals surface area contributed by atoms with Crippen LogP contribution in [0.4, 0.5) is 0 Å². The summed E-state index contributed by atoms with van der Waals surface area (Å²) in [4.78, 5) is 11.0. The van der Waals surface area contributed by atoms with Crippen molar-refractivity contribution >= 4 is 29.1 Å². The van der Waals surface area contributed by atoms with Crippen molar-refractivity contribution in [1.82, 2.24) is 5.32 Å². The van der Waals surface area contributed by atoms with Crippen LogP contribution in [0, 0.1) is 11.3 Å². The molecule has 0 saturated carbocycles. The molecule has 1 aliphatic rings. The molecule has 0 aromatic carbocycles. The summed E-state index contributed by atoms with van der Waals surface area (Å²) in [5, 5.41) is 11.1. The molecule has 1 saturated heterocycles. The molecule has 1 rings (SSSR count). The van der Waals surface area contributed by atoms with Gasteiger partial charge in [-0.05, 0) is 0 Å². The molecule has 3 nitrogen and oxygen atoms in total. The zero-order chi connectivity index (χ0) is 8.27. The molecule has 0 bridgehead atoms. The first-order chi connectivity index (χ1) is 5.27.